The van der Waals surface area contributed by atoms with Gasteiger partial charge in [0.1, 0.15) is 17.7 Å². The number of benzene rings is 1. The molecule has 0 bridgehead atoms. The van der Waals surface area contributed by atoms with Gasteiger partial charge in [0.15, 0.2) is 5.82 Å². The summed E-state index contributed by atoms with van der Waals surface area (Å²) in [6, 6.07) is 11.4. The first-order valence-corrected chi connectivity index (χ1v) is 10.8. The zero-order chi connectivity index (χ0) is 22.2. The van der Waals surface area contributed by atoms with Gasteiger partial charge in [0.2, 0.25) is 0 Å². The maximum Gasteiger partial charge on any atom is 0.274 e. The van der Waals surface area contributed by atoms with Gasteiger partial charge in [-0.2, -0.15) is 0 Å². The van der Waals surface area contributed by atoms with Crippen molar-refractivity contribution in [2.75, 3.05) is 5.32 Å². The fourth-order valence-electron chi connectivity index (χ4n) is 3.71. The molecule has 0 saturated heterocycles. The second-order valence-corrected chi connectivity index (χ2v) is 8.50. The maximum absolute atomic E-state index is 13.0. The van der Waals surface area contributed by atoms with Crippen LogP contribution in [0.5, 0.6) is 0 Å². The summed E-state index contributed by atoms with van der Waals surface area (Å²) in [4.78, 5) is 22.0. The Kier molecular flexibility index (Phi) is 5.05. The molecule has 0 unspecified atom stereocenters. The molecule has 5 rings (SSSR count). The van der Waals surface area contributed by atoms with Crippen molar-refractivity contribution in [1.29, 1.82) is 0 Å². The van der Waals surface area contributed by atoms with E-state index >= 15 is 0 Å². The Balaban J connectivity index is 1.39. The van der Waals surface area contributed by atoms with Crippen LogP contribution in [0.1, 0.15) is 60.4 Å². The van der Waals surface area contributed by atoms with Crippen LogP contribution in [0.2, 0.25) is 0 Å². The summed E-state index contributed by atoms with van der Waals surface area (Å²) in [5.74, 6) is 0.958. The van der Waals surface area contributed by atoms with E-state index in [0.29, 0.717) is 28.8 Å². The molecule has 1 aromatic carbocycles. The number of nitrogens with one attached hydrogen (secondary N) is 1. The third-order valence-corrected chi connectivity index (χ3v) is 5.68. The zero-order valence-electron chi connectivity index (χ0n) is 18.4. The normalized spacial score (nSPS) is 13.5. The molecule has 0 aliphatic heterocycles. The lowest BCUT2D eigenvalue weighted by Gasteiger charge is -2.12. The third kappa shape index (κ3) is 3.91. The van der Waals surface area contributed by atoms with Gasteiger partial charge in [-0.3, -0.25) is 4.79 Å². The van der Waals surface area contributed by atoms with E-state index in [-0.39, 0.29) is 11.9 Å². The molecule has 1 aliphatic carbocycles. The average Bonchev–Trinajstić information content (AvgIpc) is 3.31. The predicted octanol–water partition coefficient (Wildman–Crippen LogP) is 4.54. The van der Waals surface area contributed by atoms with Gasteiger partial charge in [-0.1, -0.05) is 12.1 Å². The minimum atomic E-state index is -0.276. The van der Waals surface area contributed by atoms with E-state index in [0.717, 1.165) is 16.9 Å². The number of carbonyl (C=O) groups is 1. The van der Waals surface area contributed by atoms with E-state index in [1.54, 1.807) is 12.4 Å². The molecule has 0 atom stereocenters. The van der Waals surface area contributed by atoms with Gasteiger partial charge in [0.25, 0.3) is 5.91 Å². The van der Waals surface area contributed by atoms with Gasteiger partial charge in [0.05, 0.1) is 17.7 Å². The molecule has 1 aliphatic rings. The predicted molar refractivity (Wildman–Crippen MR) is 122 cm³/mol. The largest absolute Gasteiger partial charge is 0.321 e. The summed E-state index contributed by atoms with van der Waals surface area (Å²) >= 11 is 0. The lowest BCUT2D eigenvalue weighted by atomic mass is 10.1. The van der Waals surface area contributed by atoms with Crippen molar-refractivity contribution in [1.82, 2.24) is 29.3 Å². The lowest BCUT2D eigenvalue weighted by molar-refractivity contribution is 0.102. The molecule has 8 heteroatoms. The van der Waals surface area contributed by atoms with Crippen LogP contribution in [-0.2, 0) is 0 Å². The fourth-order valence-corrected chi connectivity index (χ4v) is 3.71. The molecule has 3 heterocycles. The summed E-state index contributed by atoms with van der Waals surface area (Å²) in [6.07, 6.45) is 8.03. The van der Waals surface area contributed by atoms with Crippen LogP contribution < -0.4 is 5.32 Å². The minimum absolute atomic E-state index is 0.189. The fraction of sp³-hybridized carbons (Fsp3) is 0.292. The molecule has 8 nitrogen and oxygen atoms in total. The number of aromatic nitrogens is 6. The highest BCUT2D eigenvalue weighted by atomic mass is 16.1. The Hall–Kier alpha value is -3.81. The van der Waals surface area contributed by atoms with Gasteiger partial charge < -0.3 is 14.5 Å². The summed E-state index contributed by atoms with van der Waals surface area (Å²) in [7, 11) is 0. The SMILES string of the molecule is Cc1ccc(NC(=O)c2cccc(-c3nncn3C(C)C)n2)cc1-n1cnc(C2CC2)c1. The number of hydrogen-bond acceptors (Lipinski definition) is 5. The molecule has 3 aromatic heterocycles. The van der Waals surface area contributed by atoms with Crippen LogP contribution in [0.3, 0.4) is 0 Å². The Morgan fingerprint density at radius 3 is 2.78 bits per heavy atom. The molecular weight excluding hydrogens is 402 g/mol. The first kappa shape index (κ1) is 20.1. The molecular formula is C24H25N7O. The number of hydrogen-bond donors (Lipinski definition) is 1. The molecule has 1 N–H and O–H groups in total. The van der Waals surface area contributed by atoms with Crippen molar-refractivity contribution in [3.8, 4) is 17.2 Å². The van der Waals surface area contributed by atoms with Gasteiger partial charge in [-0.05, 0) is 63.4 Å². The van der Waals surface area contributed by atoms with E-state index in [1.807, 2.05) is 66.6 Å². The Morgan fingerprint density at radius 1 is 1.16 bits per heavy atom. The molecule has 4 aromatic rings. The van der Waals surface area contributed by atoms with Crippen molar-refractivity contribution in [2.24, 2.45) is 0 Å². The highest BCUT2D eigenvalue weighted by Crippen LogP contribution is 2.39. The number of anilines is 1. The first-order valence-electron chi connectivity index (χ1n) is 10.8. The quantitative estimate of drug-likeness (QED) is 0.488. The zero-order valence-corrected chi connectivity index (χ0v) is 18.4. The molecule has 32 heavy (non-hydrogen) atoms. The van der Waals surface area contributed by atoms with Crippen LogP contribution in [-0.4, -0.2) is 35.2 Å². The number of rotatable bonds is 6. The number of nitrogens with zero attached hydrogens (tertiary/aromatic N) is 6. The van der Waals surface area contributed by atoms with E-state index in [9.17, 15) is 4.79 Å². The number of pyridine rings is 1. The standard InChI is InChI=1S/C24H25N7O/c1-15(2)31-14-26-29-23(31)19-5-4-6-20(28-19)24(32)27-18-10-7-16(3)22(11-18)30-12-21(25-13-30)17-8-9-17/h4-7,10-15,17H,8-9H2,1-3H3,(H,27,32). The highest BCUT2D eigenvalue weighted by molar-refractivity contribution is 6.03. The number of carbonyl (C=O) groups excluding carboxylic acids is 1. The van der Waals surface area contributed by atoms with Crippen molar-refractivity contribution in [3.63, 3.8) is 0 Å². The molecule has 162 valence electrons. The topological polar surface area (TPSA) is 90.5 Å². The Bertz CT molecular complexity index is 1280. The highest BCUT2D eigenvalue weighted by Gasteiger charge is 2.26. The average molecular weight is 428 g/mol. The summed E-state index contributed by atoms with van der Waals surface area (Å²) < 4.78 is 3.95. The number of imidazole rings is 1. The summed E-state index contributed by atoms with van der Waals surface area (Å²) in [5, 5.41) is 11.1. The van der Waals surface area contributed by atoms with Gasteiger partial charge in [-0.25, -0.2) is 9.97 Å². The summed E-state index contributed by atoms with van der Waals surface area (Å²) in [6.45, 7) is 6.15. The second kappa shape index (κ2) is 8.03. The number of aryl methyl sites for hydroxylation is 1. The maximum atomic E-state index is 13.0. The van der Waals surface area contributed by atoms with E-state index in [2.05, 4.69) is 31.7 Å². The van der Waals surface area contributed by atoms with Gasteiger partial charge in [-0.15, -0.1) is 10.2 Å². The van der Waals surface area contributed by atoms with Gasteiger partial charge >= 0.3 is 0 Å². The molecule has 1 fully saturated rings. The Morgan fingerprint density at radius 2 is 2.00 bits per heavy atom. The van der Waals surface area contributed by atoms with Crippen LogP contribution >= 0.6 is 0 Å². The van der Waals surface area contributed by atoms with Crippen molar-refractivity contribution >= 4 is 11.6 Å². The van der Waals surface area contributed by atoms with Crippen molar-refractivity contribution in [3.05, 3.63) is 72.2 Å². The van der Waals surface area contributed by atoms with E-state index in [4.69, 9.17) is 0 Å². The minimum Gasteiger partial charge on any atom is -0.321 e. The molecule has 1 amide bonds. The van der Waals surface area contributed by atoms with Crippen LogP contribution in [0.15, 0.2) is 55.2 Å². The Labute approximate surface area is 186 Å². The van der Waals surface area contributed by atoms with Crippen LogP contribution in [0.25, 0.3) is 17.2 Å². The van der Waals surface area contributed by atoms with E-state index in [1.165, 1.54) is 12.8 Å². The van der Waals surface area contributed by atoms with Crippen molar-refractivity contribution in [2.45, 2.75) is 45.6 Å². The summed E-state index contributed by atoms with van der Waals surface area (Å²) in [5.41, 5.74) is 4.87. The second-order valence-electron chi connectivity index (χ2n) is 8.50. The van der Waals surface area contributed by atoms with Crippen molar-refractivity contribution < 1.29 is 4.79 Å². The molecule has 1 saturated carbocycles. The third-order valence-electron chi connectivity index (χ3n) is 5.68. The van der Waals surface area contributed by atoms with E-state index < -0.39 is 0 Å². The molecule has 0 spiro atoms. The van der Waals surface area contributed by atoms with Gasteiger partial charge in [0, 0.05) is 23.8 Å². The monoisotopic (exact) mass is 427 g/mol. The molecule has 0 radical (unpaired) electrons. The lowest BCUT2D eigenvalue weighted by Crippen LogP contribution is -2.14. The smallest absolute Gasteiger partial charge is 0.274 e. The first-order chi connectivity index (χ1) is 15.5. The van der Waals surface area contributed by atoms with Crippen LogP contribution in [0.4, 0.5) is 5.69 Å². The number of amides is 1. The van der Waals surface area contributed by atoms with Crippen LogP contribution in [0, 0.1) is 6.92 Å².